The summed E-state index contributed by atoms with van der Waals surface area (Å²) >= 11 is 0. The van der Waals surface area contributed by atoms with E-state index in [1.54, 1.807) is 18.5 Å². The lowest BCUT2D eigenvalue weighted by Gasteiger charge is -2.43. The van der Waals surface area contributed by atoms with Gasteiger partial charge in [-0.05, 0) is 38.6 Å². The van der Waals surface area contributed by atoms with Crippen molar-refractivity contribution in [3.05, 3.63) is 30.1 Å². The average molecular weight is 360 g/mol. The molecule has 2 amide bonds. The van der Waals surface area contributed by atoms with Gasteiger partial charge >= 0.3 is 0 Å². The van der Waals surface area contributed by atoms with Crippen molar-refractivity contribution in [3.63, 3.8) is 0 Å². The van der Waals surface area contributed by atoms with Gasteiger partial charge in [-0.3, -0.25) is 14.6 Å². The molecule has 1 aliphatic carbocycles. The van der Waals surface area contributed by atoms with Crippen molar-refractivity contribution in [1.82, 2.24) is 20.5 Å². The zero-order valence-electron chi connectivity index (χ0n) is 15.5. The van der Waals surface area contributed by atoms with E-state index in [0.717, 1.165) is 18.4 Å². The highest BCUT2D eigenvalue weighted by Crippen LogP contribution is 2.32. The number of nitrogens with one attached hydrogen (secondary N) is 2. The van der Waals surface area contributed by atoms with Crippen LogP contribution in [-0.4, -0.2) is 60.6 Å². The number of morpholine rings is 1. The monoisotopic (exact) mass is 360 g/mol. The van der Waals surface area contributed by atoms with Crippen molar-refractivity contribution in [3.8, 4) is 0 Å². The summed E-state index contributed by atoms with van der Waals surface area (Å²) in [5, 5.41) is 5.94. The summed E-state index contributed by atoms with van der Waals surface area (Å²) in [5.41, 5.74) is 0.760. The van der Waals surface area contributed by atoms with Gasteiger partial charge in [0.2, 0.25) is 5.91 Å². The molecule has 142 valence electrons. The SMILES string of the molecule is CN(C)C1(CNC(=O)[C@H]2OCC(=O)N[C@@H]2c2cccnc2)CCCCC1. The molecule has 2 N–H and O–H groups in total. The highest BCUT2D eigenvalue weighted by atomic mass is 16.5. The van der Waals surface area contributed by atoms with Crippen LogP contribution in [0.4, 0.5) is 0 Å². The lowest BCUT2D eigenvalue weighted by Crippen LogP contribution is -2.57. The largest absolute Gasteiger partial charge is 0.356 e. The normalized spacial score (nSPS) is 25.6. The van der Waals surface area contributed by atoms with Gasteiger partial charge in [0.25, 0.3) is 5.91 Å². The van der Waals surface area contributed by atoms with Crippen LogP contribution in [0.3, 0.4) is 0 Å². The molecule has 1 saturated carbocycles. The van der Waals surface area contributed by atoms with Crippen LogP contribution in [0.15, 0.2) is 24.5 Å². The molecular weight excluding hydrogens is 332 g/mol. The minimum Gasteiger partial charge on any atom is -0.356 e. The van der Waals surface area contributed by atoms with E-state index in [0.29, 0.717) is 6.54 Å². The van der Waals surface area contributed by atoms with Gasteiger partial charge in [-0.15, -0.1) is 0 Å². The van der Waals surface area contributed by atoms with Crippen molar-refractivity contribution in [2.75, 3.05) is 27.2 Å². The maximum Gasteiger partial charge on any atom is 0.251 e. The Bertz CT molecular complexity index is 629. The molecule has 2 atom stereocenters. The third-order valence-electron chi connectivity index (χ3n) is 5.64. The second-order valence-corrected chi connectivity index (χ2v) is 7.46. The molecule has 2 aliphatic rings. The third kappa shape index (κ3) is 4.04. The van der Waals surface area contributed by atoms with Gasteiger partial charge in [0.15, 0.2) is 6.10 Å². The van der Waals surface area contributed by atoms with Crippen LogP contribution in [0.25, 0.3) is 0 Å². The molecule has 26 heavy (non-hydrogen) atoms. The fourth-order valence-electron chi connectivity index (χ4n) is 3.94. The van der Waals surface area contributed by atoms with Gasteiger partial charge in [0.05, 0.1) is 6.04 Å². The summed E-state index contributed by atoms with van der Waals surface area (Å²) in [6.07, 6.45) is 8.34. The Labute approximate surface area is 154 Å². The topological polar surface area (TPSA) is 83.6 Å². The molecule has 2 heterocycles. The van der Waals surface area contributed by atoms with Crippen LogP contribution in [0.2, 0.25) is 0 Å². The number of carbonyl (C=O) groups excluding carboxylic acids is 2. The van der Waals surface area contributed by atoms with E-state index >= 15 is 0 Å². The molecule has 7 heteroatoms. The number of amides is 2. The van der Waals surface area contributed by atoms with Gasteiger partial charge in [-0.1, -0.05) is 25.3 Å². The van der Waals surface area contributed by atoms with Crippen LogP contribution < -0.4 is 10.6 Å². The van der Waals surface area contributed by atoms with Gasteiger partial charge in [-0.2, -0.15) is 0 Å². The van der Waals surface area contributed by atoms with Crippen molar-refractivity contribution in [2.24, 2.45) is 0 Å². The smallest absolute Gasteiger partial charge is 0.251 e. The maximum absolute atomic E-state index is 12.9. The quantitative estimate of drug-likeness (QED) is 0.819. The molecule has 1 saturated heterocycles. The number of pyridine rings is 1. The molecule has 3 rings (SSSR count). The lowest BCUT2D eigenvalue weighted by atomic mass is 9.80. The number of aromatic nitrogens is 1. The van der Waals surface area contributed by atoms with Crippen molar-refractivity contribution >= 4 is 11.8 Å². The first-order valence-corrected chi connectivity index (χ1v) is 9.28. The molecule has 0 spiro atoms. The van der Waals surface area contributed by atoms with Crippen molar-refractivity contribution in [1.29, 1.82) is 0 Å². The van der Waals surface area contributed by atoms with E-state index in [2.05, 4.69) is 34.6 Å². The summed E-state index contributed by atoms with van der Waals surface area (Å²) in [7, 11) is 4.15. The second-order valence-electron chi connectivity index (χ2n) is 7.46. The molecule has 0 unspecified atom stereocenters. The molecule has 1 aromatic heterocycles. The molecular formula is C19H28N4O3. The lowest BCUT2D eigenvalue weighted by molar-refractivity contribution is -0.148. The molecule has 0 radical (unpaired) electrons. The first-order valence-electron chi connectivity index (χ1n) is 9.28. The van der Waals surface area contributed by atoms with E-state index in [4.69, 9.17) is 4.74 Å². The number of likely N-dealkylation sites (N-methyl/N-ethyl adjacent to an activating group) is 1. The van der Waals surface area contributed by atoms with Crippen LogP contribution in [0, 0.1) is 0 Å². The molecule has 1 aliphatic heterocycles. The predicted octanol–water partition coefficient (Wildman–Crippen LogP) is 1.02. The van der Waals surface area contributed by atoms with Crippen LogP contribution in [0.1, 0.15) is 43.7 Å². The summed E-state index contributed by atoms with van der Waals surface area (Å²) in [6, 6.07) is 3.11. The minimum absolute atomic E-state index is 0.00434. The number of nitrogens with zero attached hydrogens (tertiary/aromatic N) is 2. The number of hydrogen-bond acceptors (Lipinski definition) is 5. The first-order chi connectivity index (χ1) is 12.5. The fourth-order valence-corrected chi connectivity index (χ4v) is 3.94. The van der Waals surface area contributed by atoms with Crippen molar-refractivity contribution in [2.45, 2.75) is 49.8 Å². The van der Waals surface area contributed by atoms with Gasteiger partial charge in [-0.25, -0.2) is 0 Å². The van der Waals surface area contributed by atoms with E-state index in [-0.39, 0.29) is 24.0 Å². The van der Waals surface area contributed by atoms with E-state index in [1.807, 2.05) is 6.07 Å². The third-order valence-corrected chi connectivity index (χ3v) is 5.64. The molecule has 1 aromatic rings. The number of carbonyl (C=O) groups is 2. The Morgan fingerprint density at radius 3 is 2.81 bits per heavy atom. The Balaban J connectivity index is 1.69. The van der Waals surface area contributed by atoms with Gasteiger partial charge in [0.1, 0.15) is 6.61 Å². The summed E-state index contributed by atoms with van der Waals surface area (Å²) in [5.74, 6) is -0.411. The van der Waals surface area contributed by atoms with E-state index in [9.17, 15) is 9.59 Å². The fraction of sp³-hybridized carbons (Fsp3) is 0.632. The van der Waals surface area contributed by atoms with Gasteiger partial charge in [0, 0.05) is 24.5 Å². The minimum atomic E-state index is -0.750. The standard InChI is InChI=1S/C19H28N4O3/c1-23(2)19(8-4-3-5-9-19)13-21-18(25)17-16(22-15(24)12-26-17)14-7-6-10-20-11-14/h6-7,10-11,16-17H,3-5,8-9,12-13H2,1-2H3,(H,21,25)(H,22,24)/t16-,17+/m1/s1. The predicted molar refractivity (Wildman–Crippen MR) is 97.4 cm³/mol. The molecule has 0 bridgehead atoms. The molecule has 2 fully saturated rings. The summed E-state index contributed by atoms with van der Waals surface area (Å²) in [4.78, 5) is 31.0. The van der Waals surface area contributed by atoms with E-state index < -0.39 is 12.1 Å². The Morgan fingerprint density at radius 1 is 1.38 bits per heavy atom. The van der Waals surface area contributed by atoms with Crippen LogP contribution >= 0.6 is 0 Å². The average Bonchev–Trinajstić information content (AvgIpc) is 2.67. The Hall–Kier alpha value is -1.99. The van der Waals surface area contributed by atoms with Crippen LogP contribution in [0.5, 0.6) is 0 Å². The van der Waals surface area contributed by atoms with Crippen LogP contribution in [-0.2, 0) is 14.3 Å². The number of rotatable bonds is 5. The number of hydrogen-bond donors (Lipinski definition) is 2. The van der Waals surface area contributed by atoms with Crippen molar-refractivity contribution < 1.29 is 14.3 Å². The molecule has 7 nitrogen and oxygen atoms in total. The number of ether oxygens (including phenoxy) is 1. The maximum atomic E-state index is 12.9. The van der Waals surface area contributed by atoms with Gasteiger partial charge < -0.3 is 20.3 Å². The zero-order chi connectivity index (χ0) is 18.6. The Kier molecular flexibility index (Phi) is 5.88. The zero-order valence-corrected chi connectivity index (χ0v) is 15.5. The molecule has 0 aromatic carbocycles. The first kappa shape index (κ1) is 18.8. The summed E-state index contributed by atoms with van der Waals surface area (Å²) < 4.78 is 5.59. The second kappa shape index (κ2) is 8.14. The highest BCUT2D eigenvalue weighted by molar-refractivity contribution is 5.86. The highest BCUT2D eigenvalue weighted by Gasteiger charge is 2.39. The summed E-state index contributed by atoms with van der Waals surface area (Å²) in [6.45, 7) is 0.486. The van der Waals surface area contributed by atoms with E-state index in [1.165, 1.54) is 19.3 Å². The Morgan fingerprint density at radius 2 is 2.15 bits per heavy atom.